The summed E-state index contributed by atoms with van der Waals surface area (Å²) in [5, 5.41) is 9.01. The van der Waals surface area contributed by atoms with E-state index >= 15 is 0 Å². The highest BCUT2D eigenvalue weighted by Crippen LogP contribution is 2.27. The van der Waals surface area contributed by atoms with Crippen molar-refractivity contribution < 1.29 is 13.2 Å². The molecule has 0 spiro atoms. The Labute approximate surface area is 117 Å². The number of nitrogens with zero attached hydrogens (tertiary/aromatic N) is 3. The number of rotatable bonds is 2. The van der Waals surface area contributed by atoms with Gasteiger partial charge in [-0.3, -0.25) is 0 Å². The SMILES string of the molecule is Cc1ccc(C)c(/C=N\n2c(C(F)(F)F)n[nH]c2=S)c1. The van der Waals surface area contributed by atoms with Crippen molar-refractivity contribution in [2.75, 3.05) is 0 Å². The molecule has 106 valence electrons. The van der Waals surface area contributed by atoms with Crippen molar-refractivity contribution in [2.45, 2.75) is 20.0 Å². The molecule has 1 aromatic carbocycles. The predicted octanol–water partition coefficient (Wildman–Crippen LogP) is 3.46. The van der Waals surface area contributed by atoms with Crippen molar-refractivity contribution in [3.8, 4) is 0 Å². The van der Waals surface area contributed by atoms with Crippen LogP contribution in [-0.4, -0.2) is 21.1 Å². The summed E-state index contributed by atoms with van der Waals surface area (Å²) in [6, 6.07) is 5.61. The van der Waals surface area contributed by atoms with Crippen LogP contribution in [0.25, 0.3) is 0 Å². The topological polar surface area (TPSA) is 46.0 Å². The Morgan fingerprint density at radius 2 is 2.05 bits per heavy atom. The van der Waals surface area contributed by atoms with E-state index in [4.69, 9.17) is 12.2 Å². The lowest BCUT2D eigenvalue weighted by Crippen LogP contribution is -2.12. The number of aryl methyl sites for hydroxylation is 2. The molecule has 1 aromatic heterocycles. The van der Waals surface area contributed by atoms with Gasteiger partial charge in [0, 0.05) is 0 Å². The molecule has 0 saturated carbocycles. The number of benzene rings is 1. The van der Waals surface area contributed by atoms with Crippen LogP contribution in [0.5, 0.6) is 0 Å². The molecule has 1 heterocycles. The van der Waals surface area contributed by atoms with Gasteiger partial charge >= 0.3 is 6.18 Å². The summed E-state index contributed by atoms with van der Waals surface area (Å²) in [5.41, 5.74) is 2.62. The molecule has 0 aliphatic rings. The Hall–Kier alpha value is -1.96. The minimum absolute atomic E-state index is 0.209. The Balaban J connectivity index is 2.45. The summed E-state index contributed by atoms with van der Waals surface area (Å²) in [7, 11) is 0. The summed E-state index contributed by atoms with van der Waals surface area (Å²) < 4.78 is 38.5. The number of aromatic nitrogens is 3. The first-order chi connectivity index (χ1) is 9.29. The number of aromatic amines is 1. The van der Waals surface area contributed by atoms with E-state index in [1.54, 1.807) is 0 Å². The first-order valence-electron chi connectivity index (χ1n) is 5.65. The largest absolute Gasteiger partial charge is 0.453 e. The van der Waals surface area contributed by atoms with E-state index in [1.165, 1.54) is 6.21 Å². The quantitative estimate of drug-likeness (QED) is 0.682. The fourth-order valence-corrected chi connectivity index (χ4v) is 1.78. The highest BCUT2D eigenvalue weighted by atomic mass is 32.1. The lowest BCUT2D eigenvalue weighted by molar-refractivity contribution is -0.147. The molecule has 0 radical (unpaired) electrons. The standard InChI is InChI=1S/C12H11F3N4S/c1-7-3-4-8(2)9(5-7)6-16-19-10(12(13,14)15)17-18-11(19)20/h3-6H,1-2H3,(H,18,20)/b16-6-. The monoisotopic (exact) mass is 300 g/mol. The molecule has 0 fully saturated rings. The average Bonchev–Trinajstić information content (AvgIpc) is 2.72. The van der Waals surface area contributed by atoms with Crippen LogP contribution >= 0.6 is 12.2 Å². The molecule has 1 N–H and O–H groups in total. The first-order valence-corrected chi connectivity index (χ1v) is 6.06. The molecule has 20 heavy (non-hydrogen) atoms. The zero-order chi connectivity index (χ0) is 14.9. The Morgan fingerprint density at radius 3 is 2.70 bits per heavy atom. The van der Waals surface area contributed by atoms with Crippen molar-refractivity contribution in [3.05, 3.63) is 45.5 Å². The Morgan fingerprint density at radius 1 is 1.35 bits per heavy atom. The van der Waals surface area contributed by atoms with E-state index in [0.29, 0.717) is 4.68 Å². The Kier molecular flexibility index (Phi) is 3.76. The lowest BCUT2D eigenvalue weighted by atomic mass is 10.1. The molecule has 0 aliphatic heterocycles. The molecule has 0 atom stereocenters. The van der Waals surface area contributed by atoms with E-state index in [1.807, 2.05) is 32.0 Å². The van der Waals surface area contributed by atoms with Crippen molar-refractivity contribution in [3.63, 3.8) is 0 Å². The van der Waals surface area contributed by atoms with Crippen LogP contribution in [0.2, 0.25) is 0 Å². The van der Waals surface area contributed by atoms with E-state index < -0.39 is 12.0 Å². The van der Waals surface area contributed by atoms with Crippen LogP contribution in [0.3, 0.4) is 0 Å². The van der Waals surface area contributed by atoms with Crippen LogP contribution < -0.4 is 0 Å². The van der Waals surface area contributed by atoms with Gasteiger partial charge in [-0.2, -0.15) is 22.9 Å². The molecule has 0 saturated heterocycles. The van der Waals surface area contributed by atoms with Gasteiger partial charge in [0.1, 0.15) is 0 Å². The summed E-state index contributed by atoms with van der Waals surface area (Å²) in [6.07, 6.45) is -3.28. The minimum atomic E-state index is -4.62. The maximum atomic E-state index is 12.7. The summed E-state index contributed by atoms with van der Waals surface area (Å²) >= 11 is 4.75. The maximum absolute atomic E-state index is 12.7. The van der Waals surface area contributed by atoms with Crippen molar-refractivity contribution >= 4 is 18.4 Å². The number of hydrogen-bond donors (Lipinski definition) is 1. The molecule has 0 unspecified atom stereocenters. The highest BCUT2D eigenvalue weighted by molar-refractivity contribution is 7.71. The second kappa shape index (κ2) is 5.20. The van der Waals surface area contributed by atoms with Crippen molar-refractivity contribution in [1.29, 1.82) is 0 Å². The Bertz CT molecular complexity index is 712. The predicted molar refractivity (Wildman–Crippen MR) is 71.3 cm³/mol. The van der Waals surface area contributed by atoms with Crippen LogP contribution in [0, 0.1) is 18.6 Å². The van der Waals surface area contributed by atoms with Gasteiger partial charge in [-0.05, 0) is 37.2 Å². The highest BCUT2D eigenvalue weighted by Gasteiger charge is 2.37. The summed E-state index contributed by atoms with van der Waals surface area (Å²) in [6.45, 7) is 3.74. The maximum Gasteiger partial charge on any atom is 0.453 e. The minimum Gasteiger partial charge on any atom is -0.250 e. The molecular weight excluding hydrogens is 289 g/mol. The van der Waals surface area contributed by atoms with E-state index in [-0.39, 0.29) is 4.77 Å². The molecule has 2 aromatic rings. The molecule has 2 rings (SSSR count). The van der Waals surface area contributed by atoms with Crippen LogP contribution in [0.4, 0.5) is 13.2 Å². The third kappa shape index (κ3) is 2.96. The molecular formula is C12H11F3N4S. The molecule has 4 nitrogen and oxygen atoms in total. The second-order valence-corrected chi connectivity index (χ2v) is 4.65. The molecule has 0 bridgehead atoms. The first kappa shape index (κ1) is 14.4. The number of nitrogens with one attached hydrogen (secondary N) is 1. The van der Waals surface area contributed by atoms with E-state index in [9.17, 15) is 13.2 Å². The van der Waals surface area contributed by atoms with Crippen molar-refractivity contribution in [2.24, 2.45) is 5.10 Å². The van der Waals surface area contributed by atoms with Crippen LogP contribution in [0.15, 0.2) is 23.3 Å². The normalized spacial score (nSPS) is 12.2. The zero-order valence-electron chi connectivity index (χ0n) is 10.7. The fourth-order valence-electron chi connectivity index (χ4n) is 1.60. The van der Waals surface area contributed by atoms with Gasteiger partial charge in [-0.15, -0.1) is 5.10 Å². The van der Waals surface area contributed by atoms with Gasteiger partial charge in [0.2, 0.25) is 4.77 Å². The average molecular weight is 300 g/mol. The molecule has 8 heteroatoms. The van der Waals surface area contributed by atoms with Gasteiger partial charge in [0.15, 0.2) is 0 Å². The van der Waals surface area contributed by atoms with Gasteiger partial charge < -0.3 is 0 Å². The number of alkyl halides is 3. The zero-order valence-corrected chi connectivity index (χ0v) is 11.5. The van der Waals surface area contributed by atoms with Gasteiger partial charge in [0.25, 0.3) is 5.82 Å². The van der Waals surface area contributed by atoms with Crippen LogP contribution in [-0.2, 0) is 6.18 Å². The second-order valence-electron chi connectivity index (χ2n) is 4.27. The third-order valence-electron chi connectivity index (χ3n) is 2.65. The van der Waals surface area contributed by atoms with E-state index in [0.717, 1.165) is 16.7 Å². The third-order valence-corrected chi connectivity index (χ3v) is 2.92. The van der Waals surface area contributed by atoms with E-state index in [2.05, 4.69) is 15.3 Å². The smallest absolute Gasteiger partial charge is 0.250 e. The summed E-state index contributed by atoms with van der Waals surface area (Å²) in [4.78, 5) is 0. The number of H-pyrrole nitrogens is 1. The van der Waals surface area contributed by atoms with Crippen molar-refractivity contribution in [1.82, 2.24) is 14.9 Å². The van der Waals surface area contributed by atoms with Gasteiger partial charge in [-0.25, -0.2) is 5.10 Å². The van der Waals surface area contributed by atoms with Gasteiger partial charge in [-0.1, -0.05) is 23.8 Å². The fraction of sp³-hybridized carbons (Fsp3) is 0.250. The summed E-state index contributed by atoms with van der Waals surface area (Å²) in [5.74, 6) is -1.18. The van der Waals surface area contributed by atoms with Crippen LogP contribution in [0.1, 0.15) is 22.5 Å². The van der Waals surface area contributed by atoms with Gasteiger partial charge in [0.05, 0.1) is 6.21 Å². The number of halogens is 3. The lowest BCUT2D eigenvalue weighted by Gasteiger charge is -2.05. The number of hydrogen-bond acceptors (Lipinski definition) is 3. The molecule has 0 aliphatic carbocycles. The molecule has 0 amide bonds.